The van der Waals surface area contributed by atoms with Crippen molar-refractivity contribution in [2.45, 2.75) is 13.5 Å². The Morgan fingerprint density at radius 1 is 1.65 bits per heavy atom. The maximum absolute atomic E-state index is 11.8. The molecule has 2 aromatic heterocycles. The number of aromatic nitrogens is 3. The highest BCUT2D eigenvalue weighted by Gasteiger charge is 2.13. The van der Waals surface area contributed by atoms with Crippen LogP contribution in [0.15, 0.2) is 18.7 Å². The van der Waals surface area contributed by atoms with Crippen LogP contribution in [0.3, 0.4) is 0 Å². The van der Waals surface area contributed by atoms with E-state index in [0.717, 1.165) is 0 Å². The van der Waals surface area contributed by atoms with Crippen LogP contribution in [0.25, 0.3) is 0 Å². The molecule has 17 heavy (non-hydrogen) atoms. The van der Waals surface area contributed by atoms with Gasteiger partial charge in [-0.15, -0.1) is 0 Å². The summed E-state index contributed by atoms with van der Waals surface area (Å²) in [7, 11) is 0. The summed E-state index contributed by atoms with van der Waals surface area (Å²) in [5.74, 6) is -0.128. The van der Waals surface area contributed by atoms with E-state index < -0.39 is 0 Å². The molecule has 0 fully saturated rings. The summed E-state index contributed by atoms with van der Waals surface area (Å²) in [6, 6.07) is 0. The Morgan fingerprint density at radius 2 is 2.47 bits per heavy atom. The molecule has 0 aromatic carbocycles. The predicted octanol–water partition coefficient (Wildman–Crippen LogP) is 0.660. The highest BCUT2D eigenvalue weighted by molar-refractivity contribution is 7.17. The average Bonchev–Trinajstić information content (AvgIpc) is 2.88. The zero-order chi connectivity index (χ0) is 12.3. The number of amides is 1. The van der Waals surface area contributed by atoms with Crippen LogP contribution < -0.4 is 11.1 Å². The van der Waals surface area contributed by atoms with Crippen molar-refractivity contribution in [2.24, 2.45) is 0 Å². The molecule has 2 aromatic rings. The largest absolute Gasteiger partial charge is 0.375 e. The summed E-state index contributed by atoms with van der Waals surface area (Å²) in [5, 5.41) is 3.24. The lowest BCUT2D eigenvalue weighted by Crippen LogP contribution is -2.26. The number of hydrogen-bond acceptors (Lipinski definition) is 5. The molecule has 0 aliphatic carbocycles. The minimum atomic E-state index is -0.128. The summed E-state index contributed by atoms with van der Waals surface area (Å²) >= 11 is 1.21. The number of nitrogen functional groups attached to an aromatic ring is 1. The Labute approximate surface area is 102 Å². The van der Waals surface area contributed by atoms with Gasteiger partial charge >= 0.3 is 0 Å². The SMILES string of the molecule is Cc1nc(N)sc1C(=O)NCCn1ccnc1. The van der Waals surface area contributed by atoms with Crippen LogP contribution in [0.2, 0.25) is 0 Å². The first-order valence-corrected chi connectivity index (χ1v) is 5.95. The van der Waals surface area contributed by atoms with Crippen molar-refractivity contribution >= 4 is 22.4 Å². The number of nitrogens with two attached hydrogens (primary N) is 1. The van der Waals surface area contributed by atoms with Gasteiger partial charge in [0.25, 0.3) is 5.91 Å². The van der Waals surface area contributed by atoms with Gasteiger partial charge in [-0.1, -0.05) is 11.3 Å². The van der Waals surface area contributed by atoms with Crippen molar-refractivity contribution in [3.05, 3.63) is 29.3 Å². The monoisotopic (exact) mass is 251 g/mol. The number of nitrogens with one attached hydrogen (secondary N) is 1. The third kappa shape index (κ3) is 2.82. The van der Waals surface area contributed by atoms with Crippen LogP contribution >= 0.6 is 11.3 Å². The Hall–Kier alpha value is -1.89. The van der Waals surface area contributed by atoms with E-state index in [1.54, 1.807) is 19.4 Å². The van der Waals surface area contributed by atoms with Gasteiger partial charge in [-0.05, 0) is 6.92 Å². The number of rotatable bonds is 4. The maximum Gasteiger partial charge on any atom is 0.263 e. The molecule has 0 saturated carbocycles. The van der Waals surface area contributed by atoms with Crippen LogP contribution in [-0.4, -0.2) is 27.0 Å². The lowest BCUT2D eigenvalue weighted by atomic mass is 10.4. The highest BCUT2D eigenvalue weighted by atomic mass is 32.1. The van der Waals surface area contributed by atoms with Gasteiger partial charge in [-0.3, -0.25) is 4.79 Å². The zero-order valence-electron chi connectivity index (χ0n) is 9.38. The molecule has 1 amide bonds. The number of thiazole rings is 1. The van der Waals surface area contributed by atoms with E-state index in [1.807, 2.05) is 10.8 Å². The summed E-state index contributed by atoms with van der Waals surface area (Å²) in [5.41, 5.74) is 6.21. The zero-order valence-corrected chi connectivity index (χ0v) is 10.2. The molecule has 0 spiro atoms. The third-order valence-corrected chi connectivity index (χ3v) is 3.22. The normalized spacial score (nSPS) is 10.4. The number of nitrogens with zero attached hydrogens (tertiary/aromatic N) is 3. The molecule has 2 rings (SSSR count). The number of carbonyl (C=O) groups excluding carboxylic acids is 1. The average molecular weight is 251 g/mol. The molecule has 0 bridgehead atoms. The van der Waals surface area contributed by atoms with E-state index in [4.69, 9.17) is 5.73 Å². The van der Waals surface area contributed by atoms with Gasteiger partial charge < -0.3 is 15.6 Å². The summed E-state index contributed by atoms with van der Waals surface area (Å²) in [4.78, 5) is 20.3. The molecular formula is C10H13N5OS. The Bertz CT molecular complexity index is 505. The topological polar surface area (TPSA) is 85.8 Å². The fraction of sp³-hybridized carbons (Fsp3) is 0.300. The van der Waals surface area contributed by atoms with Gasteiger partial charge in [-0.2, -0.15) is 0 Å². The van der Waals surface area contributed by atoms with Gasteiger partial charge in [0, 0.05) is 25.5 Å². The molecule has 7 heteroatoms. The molecule has 0 aliphatic heterocycles. The fourth-order valence-electron chi connectivity index (χ4n) is 1.43. The van der Waals surface area contributed by atoms with E-state index in [9.17, 15) is 4.79 Å². The first-order valence-electron chi connectivity index (χ1n) is 5.13. The van der Waals surface area contributed by atoms with Gasteiger partial charge in [0.2, 0.25) is 0 Å². The van der Waals surface area contributed by atoms with Crippen molar-refractivity contribution in [3.8, 4) is 0 Å². The summed E-state index contributed by atoms with van der Waals surface area (Å²) in [6.07, 6.45) is 5.26. The van der Waals surface area contributed by atoms with Gasteiger partial charge in [0.05, 0.1) is 12.0 Å². The van der Waals surface area contributed by atoms with Gasteiger partial charge in [-0.25, -0.2) is 9.97 Å². The number of aryl methyl sites for hydroxylation is 1. The van der Waals surface area contributed by atoms with Gasteiger partial charge in [0.15, 0.2) is 5.13 Å². The van der Waals surface area contributed by atoms with E-state index in [0.29, 0.717) is 28.8 Å². The highest BCUT2D eigenvalue weighted by Crippen LogP contribution is 2.18. The van der Waals surface area contributed by atoms with Gasteiger partial charge in [0.1, 0.15) is 4.88 Å². The van der Waals surface area contributed by atoms with Crippen molar-refractivity contribution in [2.75, 3.05) is 12.3 Å². The smallest absolute Gasteiger partial charge is 0.263 e. The standard InChI is InChI=1S/C10H13N5OS/c1-7-8(17-10(11)14-7)9(16)13-3-5-15-4-2-12-6-15/h2,4,6H,3,5H2,1H3,(H2,11,14)(H,13,16). The molecule has 0 atom stereocenters. The molecule has 6 nitrogen and oxygen atoms in total. The van der Waals surface area contributed by atoms with E-state index in [-0.39, 0.29) is 5.91 Å². The van der Waals surface area contributed by atoms with Crippen LogP contribution in [0.1, 0.15) is 15.4 Å². The molecule has 0 saturated heterocycles. The fourth-order valence-corrected chi connectivity index (χ4v) is 2.18. The number of anilines is 1. The molecule has 0 radical (unpaired) electrons. The molecule has 0 aliphatic rings. The Kier molecular flexibility index (Phi) is 3.38. The minimum absolute atomic E-state index is 0.128. The molecule has 0 unspecified atom stereocenters. The molecule has 2 heterocycles. The minimum Gasteiger partial charge on any atom is -0.375 e. The molecule has 90 valence electrons. The Morgan fingerprint density at radius 3 is 3.06 bits per heavy atom. The second kappa shape index (κ2) is 4.96. The molecular weight excluding hydrogens is 238 g/mol. The third-order valence-electron chi connectivity index (χ3n) is 2.23. The predicted molar refractivity (Wildman–Crippen MR) is 65.8 cm³/mol. The first-order chi connectivity index (χ1) is 8.16. The number of imidazole rings is 1. The van der Waals surface area contributed by atoms with Crippen LogP contribution in [0, 0.1) is 6.92 Å². The Balaban J connectivity index is 1.87. The second-order valence-electron chi connectivity index (χ2n) is 3.52. The number of carbonyl (C=O) groups is 1. The lowest BCUT2D eigenvalue weighted by molar-refractivity contribution is 0.0955. The summed E-state index contributed by atoms with van der Waals surface area (Å²) < 4.78 is 1.90. The van der Waals surface area contributed by atoms with E-state index in [1.165, 1.54) is 11.3 Å². The van der Waals surface area contributed by atoms with Crippen LogP contribution in [-0.2, 0) is 6.54 Å². The second-order valence-corrected chi connectivity index (χ2v) is 4.55. The van der Waals surface area contributed by atoms with Crippen molar-refractivity contribution in [3.63, 3.8) is 0 Å². The quantitative estimate of drug-likeness (QED) is 0.836. The maximum atomic E-state index is 11.8. The number of hydrogen-bond donors (Lipinski definition) is 2. The van der Waals surface area contributed by atoms with Crippen molar-refractivity contribution in [1.29, 1.82) is 0 Å². The van der Waals surface area contributed by atoms with Crippen LogP contribution in [0.5, 0.6) is 0 Å². The summed E-state index contributed by atoms with van der Waals surface area (Å²) in [6.45, 7) is 3.02. The lowest BCUT2D eigenvalue weighted by Gasteiger charge is -2.04. The van der Waals surface area contributed by atoms with E-state index >= 15 is 0 Å². The van der Waals surface area contributed by atoms with Crippen molar-refractivity contribution < 1.29 is 4.79 Å². The molecule has 3 N–H and O–H groups in total. The first kappa shape index (κ1) is 11.6. The van der Waals surface area contributed by atoms with Crippen molar-refractivity contribution in [1.82, 2.24) is 19.9 Å². The van der Waals surface area contributed by atoms with Crippen LogP contribution in [0.4, 0.5) is 5.13 Å². The van der Waals surface area contributed by atoms with E-state index in [2.05, 4.69) is 15.3 Å².